The Kier molecular flexibility index (Phi) is 5.46. The first kappa shape index (κ1) is 18.5. The quantitative estimate of drug-likeness (QED) is 0.634. The fraction of sp³-hybridized carbons (Fsp3) is 0.263. The summed E-state index contributed by atoms with van der Waals surface area (Å²) in [6.07, 6.45) is 1.14. The molecule has 0 spiro atoms. The number of carbonyl (C=O) groups is 2. The molecule has 8 nitrogen and oxygen atoms in total. The molecule has 1 unspecified atom stereocenters. The SMILES string of the molecule is CN1CCc2ccccc2C1CC(=O)NNC(=O)c1cccc([N+](=O)[O-])c1. The van der Waals surface area contributed by atoms with Crippen LogP contribution in [0.4, 0.5) is 5.69 Å². The molecule has 0 saturated carbocycles. The molecule has 3 rings (SSSR count). The Morgan fingerprint density at radius 2 is 1.96 bits per heavy atom. The molecule has 1 aliphatic heterocycles. The highest BCUT2D eigenvalue weighted by Crippen LogP contribution is 2.30. The molecule has 0 bridgehead atoms. The lowest BCUT2D eigenvalue weighted by Crippen LogP contribution is -2.44. The van der Waals surface area contributed by atoms with Crippen LogP contribution in [-0.4, -0.2) is 35.2 Å². The molecule has 8 heteroatoms. The summed E-state index contributed by atoms with van der Waals surface area (Å²) < 4.78 is 0. The van der Waals surface area contributed by atoms with Gasteiger partial charge in [-0.1, -0.05) is 30.3 Å². The molecule has 1 heterocycles. The van der Waals surface area contributed by atoms with Gasteiger partial charge in [0.05, 0.1) is 4.92 Å². The first-order chi connectivity index (χ1) is 13.0. The van der Waals surface area contributed by atoms with Crippen molar-refractivity contribution in [3.05, 3.63) is 75.3 Å². The molecule has 1 aliphatic rings. The lowest BCUT2D eigenvalue weighted by molar-refractivity contribution is -0.384. The molecule has 27 heavy (non-hydrogen) atoms. The summed E-state index contributed by atoms with van der Waals surface area (Å²) in [6, 6.07) is 13.3. The van der Waals surface area contributed by atoms with E-state index in [1.54, 1.807) is 0 Å². The van der Waals surface area contributed by atoms with Crippen molar-refractivity contribution in [3.63, 3.8) is 0 Å². The van der Waals surface area contributed by atoms with Gasteiger partial charge in [-0.05, 0) is 30.7 Å². The van der Waals surface area contributed by atoms with Crippen LogP contribution in [0.25, 0.3) is 0 Å². The van der Waals surface area contributed by atoms with Crippen molar-refractivity contribution >= 4 is 17.5 Å². The predicted molar refractivity (Wildman–Crippen MR) is 98.8 cm³/mol. The van der Waals surface area contributed by atoms with E-state index in [2.05, 4.69) is 21.8 Å². The molecule has 2 aromatic rings. The van der Waals surface area contributed by atoms with Gasteiger partial charge < -0.3 is 0 Å². The van der Waals surface area contributed by atoms with Crippen LogP contribution in [-0.2, 0) is 11.2 Å². The molecule has 1 atom stereocenters. The summed E-state index contributed by atoms with van der Waals surface area (Å²) in [4.78, 5) is 36.8. The second-order valence-electron chi connectivity index (χ2n) is 6.46. The third-order valence-electron chi connectivity index (χ3n) is 4.69. The average molecular weight is 368 g/mol. The Morgan fingerprint density at radius 1 is 1.19 bits per heavy atom. The lowest BCUT2D eigenvalue weighted by Gasteiger charge is -2.34. The summed E-state index contributed by atoms with van der Waals surface area (Å²) in [6.45, 7) is 0.856. The first-order valence-corrected chi connectivity index (χ1v) is 8.57. The summed E-state index contributed by atoms with van der Waals surface area (Å²) >= 11 is 0. The third-order valence-corrected chi connectivity index (χ3v) is 4.69. The summed E-state index contributed by atoms with van der Waals surface area (Å²) in [5, 5.41) is 10.8. The van der Waals surface area contributed by atoms with E-state index >= 15 is 0 Å². The molecular weight excluding hydrogens is 348 g/mol. The zero-order valence-electron chi connectivity index (χ0n) is 14.8. The standard InChI is InChI=1S/C19H20N4O4/c1-22-10-9-13-5-2-3-8-16(13)17(22)12-18(24)20-21-19(25)14-6-4-7-15(11-14)23(26)27/h2-8,11,17H,9-10,12H2,1H3,(H,20,24)(H,21,25). The largest absolute Gasteiger partial charge is 0.299 e. The van der Waals surface area contributed by atoms with E-state index in [4.69, 9.17) is 0 Å². The number of non-ortho nitro benzene ring substituents is 1. The molecule has 2 N–H and O–H groups in total. The number of benzene rings is 2. The summed E-state index contributed by atoms with van der Waals surface area (Å²) in [5.41, 5.74) is 6.97. The van der Waals surface area contributed by atoms with Crippen molar-refractivity contribution in [1.29, 1.82) is 0 Å². The van der Waals surface area contributed by atoms with E-state index in [1.165, 1.54) is 23.8 Å². The number of hydrogen-bond acceptors (Lipinski definition) is 5. The van der Waals surface area contributed by atoms with E-state index in [1.807, 2.05) is 25.2 Å². The van der Waals surface area contributed by atoms with Crippen molar-refractivity contribution < 1.29 is 14.5 Å². The van der Waals surface area contributed by atoms with Crippen LogP contribution < -0.4 is 10.9 Å². The van der Waals surface area contributed by atoms with E-state index < -0.39 is 10.8 Å². The lowest BCUT2D eigenvalue weighted by atomic mass is 9.91. The summed E-state index contributed by atoms with van der Waals surface area (Å²) in [5.74, 6) is -0.938. The Labute approximate surface area is 156 Å². The van der Waals surface area contributed by atoms with Crippen LogP contribution in [0.1, 0.15) is 33.9 Å². The predicted octanol–water partition coefficient (Wildman–Crippen LogP) is 1.98. The van der Waals surface area contributed by atoms with Gasteiger partial charge in [0.1, 0.15) is 0 Å². The van der Waals surface area contributed by atoms with Gasteiger partial charge in [-0.15, -0.1) is 0 Å². The average Bonchev–Trinajstić information content (AvgIpc) is 2.68. The number of likely N-dealkylation sites (N-methyl/N-ethyl adjacent to an activating group) is 1. The molecule has 2 amide bonds. The topological polar surface area (TPSA) is 105 Å². The van der Waals surface area contributed by atoms with E-state index in [9.17, 15) is 19.7 Å². The van der Waals surface area contributed by atoms with Crippen molar-refractivity contribution in [1.82, 2.24) is 15.8 Å². The fourth-order valence-electron chi connectivity index (χ4n) is 3.23. The van der Waals surface area contributed by atoms with Crippen molar-refractivity contribution in [2.45, 2.75) is 18.9 Å². The molecule has 0 radical (unpaired) electrons. The number of rotatable bonds is 4. The normalized spacial score (nSPS) is 16.3. The molecule has 0 aliphatic carbocycles. The molecule has 0 aromatic heterocycles. The highest BCUT2D eigenvalue weighted by atomic mass is 16.6. The second-order valence-corrected chi connectivity index (χ2v) is 6.46. The van der Waals surface area contributed by atoms with Gasteiger partial charge in [0.15, 0.2) is 0 Å². The van der Waals surface area contributed by atoms with Gasteiger partial charge in [0, 0.05) is 36.7 Å². The number of hydrogen-bond donors (Lipinski definition) is 2. The van der Waals surface area contributed by atoms with Crippen LogP contribution in [0.15, 0.2) is 48.5 Å². The van der Waals surface area contributed by atoms with Gasteiger partial charge in [0.2, 0.25) is 5.91 Å². The van der Waals surface area contributed by atoms with Gasteiger partial charge in [0.25, 0.3) is 11.6 Å². The molecular formula is C19H20N4O4. The van der Waals surface area contributed by atoms with E-state index in [0.717, 1.165) is 24.6 Å². The number of nitrogens with zero attached hydrogens (tertiary/aromatic N) is 2. The Morgan fingerprint density at radius 3 is 2.74 bits per heavy atom. The molecule has 140 valence electrons. The maximum absolute atomic E-state index is 12.3. The maximum atomic E-state index is 12.3. The number of nitro groups is 1. The van der Waals surface area contributed by atoms with Gasteiger partial charge in [-0.25, -0.2) is 0 Å². The van der Waals surface area contributed by atoms with Crippen LogP contribution in [0.2, 0.25) is 0 Å². The van der Waals surface area contributed by atoms with E-state index in [-0.39, 0.29) is 29.6 Å². The Balaban J connectivity index is 1.61. The van der Waals surface area contributed by atoms with Crippen molar-refractivity contribution in [2.75, 3.05) is 13.6 Å². The van der Waals surface area contributed by atoms with Crippen molar-refractivity contribution in [2.24, 2.45) is 0 Å². The number of nitro benzene ring substituents is 1. The van der Waals surface area contributed by atoms with Crippen LogP contribution in [0, 0.1) is 10.1 Å². The second kappa shape index (κ2) is 7.96. The zero-order valence-corrected chi connectivity index (χ0v) is 14.8. The number of amides is 2. The van der Waals surface area contributed by atoms with Crippen LogP contribution >= 0.6 is 0 Å². The maximum Gasteiger partial charge on any atom is 0.270 e. The highest BCUT2D eigenvalue weighted by molar-refractivity contribution is 5.95. The highest BCUT2D eigenvalue weighted by Gasteiger charge is 2.26. The van der Waals surface area contributed by atoms with Gasteiger partial charge >= 0.3 is 0 Å². The number of fused-ring (bicyclic) bond motifs is 1. The van der Waals surface area contributed by atoms with Crippen molar-refractivity contribution in [3.8, 4) is 0 Å². The van der Waals surface area contributed by atoms with Gasteiger partial charge in [-0.2, -0.15) is 0 Å². The van der Waals surface area contributed by atoms with Gasteiger partial charge in [-0.3, -0.25) is 35.5 Å². The minimum atomic E-state index is -0.607. The first-order valence-electron chi connectivity index (χ1n) is 8.57. The van der Waals surface area contributed by atoms with E-state index in [0.29, 0.717) is 0 Å². The minimum Gasteiger partial charge on any atom is -0.299 e. The third kappa shape index (κ3) is 4.29. The number of nitrogens with one attached hydrogen (secondary N) is 2. The summed E-state index contributed by atoms with van der Waals surface area (Å²) in [7, 11) is 1.97. The molecule has 0 saturated heterocycles. The van der Waals surface area contributed by atoms with Crippen LogP contribution in [0.5, 0.6) is 0 Å². The number of hydrazine groups is 1. The molecule has 2 aromatic carbocycles. The smallest absolute Gasteiger partial charge is 0.270 e. The monoisotopic (exact) mass is 368 g/mol. The number of carbonyl (C=O) groups excluding carboxylic acids is 2. The Bertz CT molecular complexity index is 884. The molecule has 0 fully saturated rings. The van der Waals surface area contributed by atoms with Crippen LogP contribution in [0.3, 0.4) is 0 Å². The minimum absolute atomic E-state index is 0.0651. The zero-order chi connectivity index (χ0) is 19.4. The Hall–Kier alpha value is -3.26. The fourth-order valence-corrected chi connectivity index (χ4v) is 3.23.